The lowest BCUT2D eigenvalue weighted by Gasteiger charge is -2.21. The van der Waals surface area contributed by atoms with Crippen LogP contribution in [-0.2, 0) is 9.53 Å². The summed E-state index contributed by atoms with van der Waals surface area (Å²) in [6.45, 7) is 5.37. The van der Waals surface area contributed by atoms with E-state index >= 15 is 0 Å². The van der Waals surface area contributed by atoms with Crippen molar-refractivity contribution in [2.24, 2.45) is 5.73 Å². The Hall–Kier alpha value is -1.49. The molecule has 0 bridgehead atoms. The summed E-state index contributed by atoms with van der Waals surface area (Å²) >= 11 is 0. The van der Waals surface area contributed by atoms with Gasteiger partial charge < -0.3 is 10.5 Å². The fraction of sp³-hybridized carbons (Fsp3) is 0.500. The minimum atomic E-state index is -0.828. The molecular weight excluding hydrogens is 194 g/mol. The van der Waals surface area contributed by atoms with E-state index in [1.165, 1.54) is 18.7 Å². The molecule has 82 valence electrons. The van der Waals surface area contributed by atoms with Gasteiger partial charge in [0.05, 0.1) is 0 Å². The van der Waals surface area contributed by atoms with E-state index in [9.17, 15) is 4.79 Å². The lowest BCUT2D eigenvalue weighted by molar-refractivity contribution is -0.156. The molecule has 1 unspecified atom stereocenters. The predicted octanol–water partition coefficient (Wildman–Crippen LogP) is 0.818. The van der Waals surface area contributed by atoms with E-state index in [1.807, 2.05) is 0 Å². The summed E-state index contributed by atoms with van der Waals surface area (Å²) in [6, 6.07) is -0.828. The van der Waals surface area contributed by atoms with Crippen LogP contribution in [0.1, 0.15) is 32.4 Å². The Balaban J connectivity index is 2.70. The fourth-order valence-electron chi connectivity index (χ4n) is 0.973. The third-order valence-corrected chi connectivity index (χ3v) is 1.60. The van der Waals surface area contributed by atoms with E-state index < -0.39 is 17.6 Å². The smallest absolute Gasteiger partial charge is 0.328 e. The molecule has 2 N–H and O–H groups in total. The van der Waals surface area contributed by atoms with Crippen LogP contribution in [-0.4, -0.2) is 21.5 Å². The van der Waals surface area contributed by atoms with Crippen LogP contribution in [0.3, 0.4) is 0 Å². The van der Waals surface area contributed by atoms with Crippen molar-refractivity contribution in [3.63, 3.8) is 0 Å². The van der Waals surface area contributed by atoms with Crippen LogP contribution >= 0.6 is 0 Å². The summed E-state index contributed by atoms with van der Waals surface area (Å²) in [5, 5.41) is 0. The van der Waals surface area contributed by atoms with Crippen molar-refractivity contribution in [2.45, 2.75) is 32.4 Å². The van der Waals surface area contributed by atoms with Crippen LogP contribution in [0.15, 0.2) is 18.7 Å². The summed E-state index contributed by atoms with van der Waals surface area (Å²) < 4.78 is 5.13. The Kier molecular flexibility index (Phi) is 3.36. The average Bonchev–Trinajstić information content (AvgIpc) is 2.15. The molecule has 0 saturated carbocycles. The molecule has 0 aliphatic carbocycles. The Morgan fingerprint density at radius 3 is 2.40 bits per heavy atom. The Morgan fingerprint density at radius 2 is 1.93 bits per heavy atom. The van der Waals surface area contributed by atoms with Gasteiger partial charge in [0, 0.05) is 18.0 Å². The van der Waals surface area contributed by atoms with Gasteiger partial charge in [0.15, 0.2) is 0 Å². The van der Waals surface area contributed by atoms with Gasteiger partial charge in [-0.3, -0.25) is 0 Å². The van der Waals surface area contributed by atoms with Gasteiger partial charge in [-0.1, -0.05) is 0 Å². The number of esters is 1. The van der Waals surface area contributed by atoms with Gasteiger partial charge in [-0.15, -0.1) is 0 Å². The number of nitrogens with zero attached hydrogens (tertiary/aromatic N) is 2. The second-order valence-electron chi connectivity index (χ2n) is 4.18. The third kappa shape index (κ3) is 3.63. The second-order valence-corrected chi connectivity index (χ2v) is 4.18. The number of carbonyl (C=O) groups excluding carboxylic acids is 1. The summed E-state index contributed by atoms with van der Waals surface area (Å²) in [4.78, 5) is 19.1. The van der Waals surface area contributed by atoms with E-state index in [4.69, 9.17) is 10.5 Å². The molecule has 0 radical (unpaired) electrons. The molecule has 5 nitrogen and oxygen atoms in total. The summed E-state index contributed by atoms with van der Waals surface area (Å²) in [5.41, 5.74) is 5.70. The third-order valence-electron chi connectivity index (χ3n) is 1.60. The highest BCUT2D eigenvalue weighted by Gasteiger charge is 2.23. The van der Waals surface area contributed by atoms with Crippen LogP contribution in [0.2, 0.25) is 0 Å². The van der Waals surface area contributed by atoms with Gasteiger partial charge in [0.25, 0.3) is 0 Å². The number of ether oxygens (including phenoxy) is 1. The van der Waals surface area contributed by atoms with Crippen molar-refractivity contribution >= 4 is 5.97 Å². The van der Waals surface area contributed by atoms with Gasteiger partial charge in [-0.25, -0.2) is 14.8 Å². The van der Waals surface area contributed by atoms with Crippen molar-refractivity contribution in [2.75, 3.05) is 0 Å². The van der Waals surface area contributed by atoms with Crippen LogP contribution in [0.25, 0.3) is 0 Å². The molecule has 0 aliphatic rings. The van der Waals surface area contributed by atoms with Crippen molar-refractivity contribution in [3.8, 4) is 0 Å². The Labute approximate surface area is 88.7 Å². The van der Waals surface area contributed by atoms with Gasteiger partial charge in [-0.2, -0.15) is 0 Å². The first-order chi connectivity index (χ1) is 6.90. The first-order valence-corrected chi connectivity index (χ1v) is 4.63. The maximum Gasteiger partial charge on any atom is 0.328 e. The van der Waals surface area contributed by atoms with Crippen LogP contribution in [0.5, 0.6) is 0 Å². The van der Waals surface area contributed by atoms with Gasteiger partial charge in [0.1, 0.15) is 18.0 Å². The zero-order valence-electron chi connectivity index (χ0n) is 9.10. The molecule has 0 amide bonds. The van der Waals surface area contributed by atoms with Crippen LogP contribution in [0.4, 0.5) is 0 Å². The maximum atomic E-state index is 11.6. The van der Waals surface area contributed by atoms with E-state index in [-0.39, 0.29) is 0 Å². The molecular formula is C10H15N3O2. The molecule has 1 heterocycles. The molecule has 15 heavy (non-hydrogen) atoms. The van der Waals surface area contributed by atoms with E-state index in [2.05, 4.69) is 9.97 Å². The minimum absolute atomic E-state index is 0.475. The molecule has 0 aromatic carbocycles. The van der Waals surface area contributed by atoms with E-state index in [0.29, 0.717) is 5.56 Å². The van der Waals surface area contributed by atoms with Crippen LogP contribution in [0, 0.1) is 0 Å². The maximum absolute atomic E-state index is 11.6. The van der Waals surface area contributed by atoms with Gasteiger partial charge >= 0.3 is 5.97 Å². The molecule has 0 saturated heterocycles. The largest absolute Gasteiger partial charge is 0.459 e. The average molecular weight is 209 g/mol. The molecule has 5 heteroatoms. The number of rotatable bonds is 2. The van der Waals surface area contributed by atoms with E-state index in [1.54, 1.807) is 20.8 Å². The molecule has 1 rings (SSSR count). The minimum Gasteiger partial charge on any atom is -0.459 e. The topological polar surface area (TPSA) is 78.1 Å². The highest BCUT2D eigenvalue weighted by molar-refractivity contribution is 5.77. The molecule has 0 fully saturated rings. The standard InChI is InChI=1S/C10H15N3O2/c1-10(2,3)15-9(14)8(11)7-4-12-6-13-5-7/h4-6,8H,11H2,1-3H3. The van der Waals surface area contributed by atoms with Crippen molar-refractivity contribution < 1.29 is 9.53 Å². The predicted molar refractivity (Wildman–Crippen MR) is 54.8 cm³/mol. The lowest BCUT2D eigenvalue weighted by Crippen LogP contribution is -2.31. The lowest BCUT2D eigenvalue weighted by atomic mass is 10.1. The fourth-order valence-corrected chi connectivity index (χ4v) is 0.973. The number of hydrogen-bond donors (Lipinski definition) is 1. The molecule has 0 aliphatic heterocycles. The monoisotopic (exact) mass is 209 g/mol. The number of hydrogen-bond acceptors (Lipinski definition) is 5. The van der Waals surface area contributed by atoms with Gasteiger partial charge in [-0.05, 0) is 20.8 Å². The summed E-state index contributed by atoms with van der Waals surface area (Å²) in [5.74, 6) is -0.475. The summed E-state index contributed by atoms with van der Waals surface area (Å²) in [6.07, 6.45) is 4.38. The molecule has 1 aromatic heterocycles. The van der Waals surface area contributed by atoms with Crippen molar-refractivity contribution in [1.29, 1.82) is 0 Å². The first kappa shape index (κ1) is 11.6. The molecule has 1 atom stereocenters. The molecule has 0 spiro atoms. The zero-order valence-corrected chi connectivity index (χ0v) is 9.10. The quantitative estimate of drug-likeness (QED) is 0.729. The Morgan fingerprint density at radius 1 is 1.40 bits per heavy atom. The number of carbonyl (C=O) groups is 1. The highest BCUT2D eigenvalue weighted by Crippen LogP contribution is 2.14. The number of nitrogens with two attached hydrogens (primary N) is 1. The van der Waals surface area contributed by atoms with Crippen molar-refractivity contribution in [1.82, 2.24) is 9.97 Å². The second kappa shape index (κ2) is 4.35. The zero-order chi connectivity index (χ0) is 11.5. The molecule has 1 aromatic rings. The van der Waals surface area contributed by atoms with E-state index in [0.717, 1.165) is 0 Å². The normalized spacial score (nSPS) is 13.3. The Bertz CT molecular complexity index is 332. The first-order valence-electron chi connectivity index (χ1n) is 4.63. The van der Waals surface area contributed by atoms with Crippen molar-refractivity contribution in [3.05, 3.63) is 24.3 Å². The summed E-state index contributed by atoms with van der Waals surface area (Å²) in [7, 11) is 0. The SMILES string of the molecule is CC(C)(C)OC(=O)C(N)c1cncnc1. The van der Waals surface area contributed by atoms with Crippen LogP contribution < -0.4 is 5.73 Å². The highest BCUT2D eigenvalue weighted by atomic mass is 16.6. The number of aromatic nitrogens is 2. The van der Waals surface area contributed by atoms with Gasteiger partial charge in [0.2, 0.25) is 0 Å².